The van der Waals surface area contributed by atoms with E-state index in [1.165, 1.54) is 12.1 Å². The van der Waals surface area contributed by atoms with E-state index in [-0.39, 0.29) is 12.2 Å². The second-order valence-electron chi connectivity index (χ2n) is 2.33. The Morgan fingerprint density at radius 2 is 2.46 bits per heavy atom. The Hall–Kier alpha value is -1.65. The van der Waals surface area contributed by atoms with Crippen molar-refractivity contribution in [2.24, 2.45) is 5.11 Å². The molecule has 0 saturated carbocycles. The summed E-state index contributed by atoms with van der Waals surface area (Å²) in [6, 6.07) is 2.52. The standard InChI is InChI=1S/C7H7FN4O/c8-5-1-2-6(10-3-5)7(13)4-11-12-9/h1-3,7,13H,4H2/t7-/m1/s1. The largest absolute Gasteiger partial charge is 0.387 e. The third kappa shape index (κ3) is 2.70. The molecule has 1 rings (SSSR count). The van der Waals surface area contributed by atoms with Crippen LogP contribution >= 0.6 is 0 Å². The van der Waals surface area contributed by atoms with Crippen LogP contribution in [0.15, 0.2) is 23.4 Å². The monoisotopic (exact) mass is 182 g/mol. The molecule has 5 nitrogen and oxygen atoms in total. The quantitative estimate of drug-likeness (QED) is 0.437. The number of aromatic nitrogens is 1. The lowest BCUT2D eigenvalue weighted by Crippen LogP contribution is -2.03. The number of hydrogen-bond acceptors (Lipinski definition) is 3. The predicted octanol–water partition coefficient (Wildman–Crippen LogP) is 1.56. The summed E-state index contributed by atoms with van der Waals surface area (Å²) >= 11 is 0. The number of azide groups is 1. The number of hydrogen-bond donors (Lipinski definition) is 1. The Morgan fingerprint density at radius 1 is 1.69 bits per heavy atom. The molecule has 0 bridgehead atoms. The molecule has 1 N–H and O–H groups in total. The summed E-state index contributed by atoms with van der Waals surface area (Å²) in [6.07, 6.45) is 0.0192. The third-order valence-electron chi connectivity index (χ3n) is 1.41. The van der Waals surface area contributed by atoms with Gasteiger partial charge in [0.25, 0.3) is 0 Å². The fourth-order valence-corrected chi connectivity index (χ4v) is 0.792. The van der Waals surface area contributed by atoms with Crippen molar-refractivity contribution in [3.05, 3.63) is 40.3 Å². The molecule has 0 radical (unpaired) electrons. The molecule has 0 spiro atoms. The lowest BCUT2D eigenvalue weighted by Gasteiger charge is -2.04. The van der Waals surface area contributed by atoms with Crippen LogP contribution in [0.4, 0.5) is 4.39 Å². The molecule has 1 heterocycles. The highest BCUT2D eigenvalue weighted by atomic mass is 19.1. The van der Waals surface area contributed by atoms with E-state index in [1.54, 1.807) is 0 Å². The van der Waals surface area contributed by atoms with Gasteiger partial charge in [-0.25, -0.2) is 4.39 Å². The molecule has 0 saturated heterocycles. The van der Waals surface area contributed by atoms with Crippen molar-refractivity contribution in [2.75, 3.05) is 6.54 Å². The Kier molecular flexibility index (Phi) is 3.19. The van der Waals surface area contributed by atoms with E-state index in [4.69, 9.17) is 5.53 Å². The predicted molar refractivity (Wildman–Crippen MR) is 43.2 cm³/mol. The van der Waals surface area contributed by atoms with E-state index < -0.39 is 11.9 Å². The smallest absolute Gasteiger partial charge is 0.141 e. The molecule has 0 unspecified atom stereocenters. The zero-order valence-corrected chi connectivity index (χ0v) is 6.63. The first-order chi connectivity index (χ1) is 6.24. The van der Waals surface area contributed by atoms with E-state index >= 15 is 0 Å². The molecule has 0 aromatic carbocycles. The van der Waals surface area contributed by atoms with Crippen LogP contribution < -0.4 is 0 Å². The Bertz CT molecular complexity index is 320. The molecular weight excluding hydrogens is 175 g/mol. The van der Waals surface area contributed by atoms with Crippen LogP contribution in [-0.4, -0.2) is 16.6 Å². The van der Waals surface area contributed by atoms with Gasteiger partial charge in [0.2, 0.25) is 0 Å². The lowest BCUT2D eigenvalue weighted by molar-refractivity contribution is 0.181. The fourth-order valence-electron chi connectivity index (χ4n) is 0.792. The topological polar surface area (TPSA) is 81.9 Å². The van der Waals surface area contributed by atoms with E-state index in [0.29, 0.717) is 0 Å². The van der Waals surface area contributed by atoms with Crippen molar-refractivity contribution in [3.63, 3.8) is 0 Å². The highest BCUT2D eigenvalue weighted by molar-refractivity contribution is 5.08. The summed E-state index contributed by atoms with van der Waals surface area (Å²) in [7, 11) is 0. The summed E-state index contributed by atoms with van der Waals surface area (Å²) in [5.74, 6) is -0.472. The summed E-state index contributed by atoms with van der Waals surface area (Å²) in [5.41, 5.74) is 8.26. The molecule has 0 aliphatic rings. The molecule has 1 atom stereocenters. The van der Waals surface area contributed by atoms with Crippen LogP contribution in [0.5, 0.6) is 0 Å². The van der Waals surface area contributed by atoms with Gasteiger partial charge in [-0.1, -0.05) is 5.11 Å². The van der Waals surface area contributed by atoms with Gasteiger partial charge < -0.3 is 5.11 Å². The highest BCUT2D eigenvalue weighted by Crippen LogP contribution is 2.09. The second-order valence-corrected chi connectivity index (χ2v) is 2.33. The molecule has 1 aromatic rings. The molecule has 0 fully saturated rings. The maximum Gasteiger partial charge on any atom is 0.141 e. The minimum Gasteiger partial charge on any atom is -0.387 e. The van der Waals surface area contributed by atoms with Gasteiger partial charge in [0.1, 0.15) is 11.9 Å². The summed E-state index contributed by atoms with van der Waals surface area (Å²) < 4.78 is 12.4. The van der Waals surface area contributed by atoms with Gasteiger partial charge in [0, 0.05) is 4.91 Å². The van der Waals surface area contributed by atoms with E-state index in [1.807, 2.05) is 0 Å². The first-order valence-corrected chi connectivity index (χ1v) is 3.54. The Morgan fingerprint density at radius 3 is 3.00 bits per heavy atom. The molecular formula is C7H7FN4O. The van der Waals surface area contributed by atoms with E-state index in [0.717, 1.165) is 6.20 Å². The van der Waals surface area contributed by atoms with Crippen LogP contribution in [0.25, 0.3) is 10.4 Å². The van der Waals surface area contributed by atoms with Crippen molar-refractivity contribution >= 4 is 0 Å². The van der Waals surface area contributed by atoms with Crippen LogP contribution in [-0.2, 0) is 0 Å². The van der Waals surface area contributed by atoms with Gasteiger partial charge in [-0.3, -0.25) is 4.98 Å². The number of rotatable bonds is 3. The maximum atomic E-state index is 12.4. The van der Waals surface area contributed by atoms with Gasteiger partial charge in [0.05, 0.1) is 18.4 Å². The first kappa shape index (κ1) is 9.44. The van der Waals surface area contributed by atoms with E-state index in [2.05, 4.69) is 15.0 Å². The normalized spacial score (nSPS) is 11.8. The van der Waals surface area contributed by atoms with Crippen LogP contribution in [0.3, 0.4) is 0 Å². The zero-order valence-electron chi connectivity index (χ0n) is 6.63. The summed E-state index contributed by atoms with van der Waals surface area (Å²) in [4.78, 5) is 6.10. The summed E-state index contributed by atoms with van der Waals surface area (Å²) in [6.45, 7) is -0.102. The number of pyridine rings is 1. The molecule has 13 heavy (non-hydrogen) atoms. The number of aliphatic hydroxyl groups is 1. The minimum atomic E-state index is -0.975. The highest BCUT2D eigenvalue weighted by Gasteiger charge is 2.06. The van der Waals surface area contributed by atoms with Crippen molar-refractivity contribution < 1.29 is 9.50 Å². The molecule has 0 aliphatic carbocycles. The fraction of sp³-hybridized carbons (Fsp3) is 0.286. The van der Waals surface area contributed by atoms with Crippen LogP contribution in [0.2, 0.25) is 0 Å². The Balaban J connectivity index is 2.71. The Labute approximate surface area is 73.5 Å². The molecule has 0 aliphatic heterocycles. The number of halogens is 1. The molecule has 1 aromatic heterocycles. The lowest BCUT2D eigenvalue weighted by atomic mass is 10.2. The molecule has 68 valence electrons. The van der Waals surface area contributed by atoms with Crippen molar-refractivity contribution in [2.45, 2.75) is 6.10 Å². The van der Waals surface area contributed by atoms with Gasteiger partial charge >= 0.3 is 0 Å². The average molecular weight is 182 g/mol. The first-order valence-electron chi connectivity index (χ1n) is 3.54. The average Bonchev–Trinajstić information content (AvgIpc) is 2.15. The van der Waals surface area contributed by atoms with Gasteiger partial charge in [-0.05, 0) is 17.7 Å². The maximum absolute atomic E-state index is 12.4. The minimum absolute atomic E-state index is 0.102. The SMILES string of the molecule is [N-]=[N+]=NC[C@@H](O)c1ccc(F)cn1. The molecule has 0 amide bonds. The van der Waals surface area contributed by atoms with Gasteiger partial charge in [0.15, 0.2) is 0 Å². The molecule has 6 heteroatoms. The third-order valence-corrected chi connectivity index (χ3v) is 1.41. The van der Waals surface area contributed by atoms with Gasteiger partial charge in [-0.2, -0.15) is 0 Å². The van der Waals surface area contributed by atoms with Crippen molar-refractivity contribution in [1.82, 2.24) is 4.98 Å². The van der Waals surface area contributed by atoms with Gasteiger partial charge in [-0.15, -0.1) is 0 Å². The van der Waals surface area contributed by atoms with E-state index in [9.17, 15) is 9.50 Å². The number of nitrogens with zero attached hydrogens (tertiary/aromatic N) is 4. The summed E-state index contributed by atoms with van der Waals surface area (Å²) in [5, 5.41) is 12.5. The van der Waals surface area contributed by atoms with Crippen LogP contribution in [0.1, 0.15) is 11.8 Å². The van der Waals surface area contributed by atoms with Crippen molar-refractivity contribution in [1.29, 1.82) is 0 Å². The number of aliphatic hydroxyl groups excluding tert-OH is 1. The van der Waals surface area contributed by atoms with Crippen molar-refractivity contribution in [3.8, 4) is 0 Å². The zero-order chi connectivity index (χ0) is 9.68. The van der Waals surface area contributed by atoms with Crippen LogP contribution in [0, 0.1) is 5.82 Å². The second kappa shape index (κ2) is 4.39.